The lowest BCUT2D eigenvalue weighted by Gasteiger charge is -2.08. The van der Waals surface area contributed by atoms with E-state index in [1.54, 1.807) is 0 Å². The van der Waals surface area contributed by atoms with Crippen molar-refractivity contribution >= 4 is 5.78 Å². The van der Waals surface area contributed by atoms with Gasteiger partial charge < -0.3 is 0 Å². The summed E-state index contributed by atoms with van der Waals surface area (Å²) in [5, 5.41) is 0. The number of ketones is 1. The average molecular weight is 188 g/mol. The van der Waals surface area contributed by atoms with Crippen molar-refractivity contribution in [2.24, 2.45) is 5.92 Å². The standard InChI is InChI=1S/C13H16O/c1-3-4-8-11(2)13(14)12-9-6-5-7-10-12/h3,5-7,9-11H,1,4,8H2,2H3. The monoisotopic (exact) mass is 188 g/mol. The van der Waals surface area contributed by atoms with Crippen LogP contribution in [0.25, 0.3) is 0 Å². The summed E-state index contributed by atoms with van der Waals surface area (Å²) in [5.74, 6) is 0.322. The van der Waals surface area contributed by atoms with E-state index in [4.69, 9.17) is 0 Å². The Morgan fingerprint density at radius 1 is 1.43 bits per heavy atom. The Balaban J connectivity index is 2.61. The lowest BCUT2D eigenvalue weighted by Crippen LogP contribution is -2.10. The molecule has 0 fully saturated rings. The predicted octanol–water partition coefficient (Wildman–Crippen LogP) is 3.47. The van der Waals surface area contributed by atoms with Gasteiger partial charge in [0.1, 0.15) is 0 Å². The summed E-state index contributed by atoms with van der Waals surface area (Å²) in [6.07, 6.45) is 3.64. The number of hydrogen-bond acceptors (Lipinski definition) is 1. The smallest absolute Gasteiger partial charge is 0.165 e. The molecule has 1 aromatic carbocycles. The van der Waals surface area contributed by atoms with E-state index in [0.717, 1.165) is 18.4 Å². The van der Waals surface area contributed by atoms with Crippen molar-refractivity contribution in [3.8, 4) is 0 Å². The summed E-state index contributed by atoms with van der Waals surface area (Å²) in [5.41, 5.74) is 0.809. The van der Waals surface area contributed by atoms with Crippen LogP contribution >= 0.6 is 0 Å². The van der Waals surface area contributed by atoms with E-state index >= 15 is 0 Å². The van der Waals surface area contributed by atoms with Crippen LogP contribution in [0.15, 0.2) is 43.0 Å². The molecule has 0 heterocycles. The van der Waals surface area contributed by atoms with Crippen LogP contribution < -0.4 is 0 Å². The highest BCUT2D eigenvalue weighted by atomic mass is 16.1. The third-order valence-electron chi connectivity index (χ3n) is 2.31. The zero-order valence-corrected chi connectivity index (χ0v) is 8.57. The van der Waals surface area contributed by atoms with Crippen LogP contribution in [0.2, 0.25) is 0 Å². The molecule has 0 aromatic heterocycles. The number of Topliss-reactive ketones (excluding diaryl/α,β-unsaturated/α-hetero) is 1. The van der Waals surface area contributed by atoms with Gasteiger partial charge in [0.25, 0.3) is 0 Å². The fourth-order valence-corrected chi connectivity index (χ4v) is 1.39. The highest BCUT2D eigenvalue weighted by molar-refractivity contribution is 5.97. The molecule has 0 radical (unpaired) electrons. The Kier molecular flexibility index (Phi) is 4.11. The van der Waals surface area contributed by atoms with Crippen molar-refractivity contribution in [3.63, 3.8) is 0 Å². The van der Waals surface area contributed by atoms with E-state index in [1.165, 1.54) is 0 Å². The molecule has 0 spiro atoms. The molecule has 0 aliphatic heterocycles. The molecular weight excluding hydrogens is 172 g/mol. The van der Waals surface area contributed by atoms with Gasteiger partial charge in [0.2, 0.25) is 0 Å². The number of carbonyl (C=O) groups is 1. The molecule has 74 valence electrons. The average Bonchev–Trinajstić information content (AvgIpc) is 2.26. The maximum absolute atomic E-state index is 11.8. The fraction of sp³-hybridized carbons (Fsp3) is 0.308. The van der Waals surface area contributed by atoms with Gasteiger partial charge in [0.05, 0.1) is 0 Å². The van der Waals surface area contributed by atoms with Gasteiger partial charge in [-0.25, -0.2) is 0 Å². The van der Waals surface area contributed by atoms with Crippen molar-refractivity contribution < 1.29 is 4.79 Å². The molecular formula is C13H16O. The number of rotatable bonds is 5. The topological polar surface area (TPSA) is 17.1 Å². The van der Waals surface area contributed by atoms with Gasteiger partial charge in [-0.05, 0) is 12.8 Å². The van der Waals surface area contributed by atoms with Crippen molar-refractivity contribution in [2.45, 2.75) is 19.8 Å². The van der Waals surface area contributed by atoms with Crippen LogP contribution in [0.4, 0.5) is 0 Å². The van der Waals surface area contributed by atoms with Crippen molar-refractivity contribution in [1.29, 1.82) is 0 Å². The minimum atomic E-state index is 0.0930. The molecule has 1 unspecified atom stereocenters. The second kappa shape index (κ2) is 5.38. The maximum atomic E-state index is 11.8. The van der Waals surface area contributed by atoms with Crippen molar-refractivity contribution in [3.05, 3.63) is 48.6 Å². The van der Waals surface area contributed by atoms with Gasteiger partial charge in [-0.2, -0.15) is 0 Å². The third kappa shape index (κ3) is 2.84. The molecule has 14 heavy (non-hydrogen) atoms. The van der Waals surface area contributed by atoms with Crippen LogP contribution in [0.3, 0.4) is 0 Å². The van der Waals surface area contributed by atoms with Crippen LogP contribution in [-0.4, -0.2) is 5.78 Å². The molecule has 0 aliphatic carbocycles. The lowest BCUT2D eigenvalue weighted by atomic mass is 9.95. The number of allylic oxidation sites excluding steroid dienone is 1. The Morgan fingerprint density at radius 2 is 2.07 bits per heavy atom. The second-order valence-electron chi connectivity index (χ2n) is 3.50. The number of hydrogen-bond donors (Lipinski definition) is 0. The minimum Gasteiger partial charge on any atom is -0.294 e. The van der Waals surface area contributed by atoms with E-state index < -0.39 is 0 Å². The first-order chi connectivity index (χ1) is 6.75. The first-order valence-corrected chi connectivity index (χ1v) is 4.96. The highest BCUT2D eigenvalue weighted by Gasteiger charge is 2.13. The first-order valence-electron chi connectivity index (χ1n) is 4.96. The molecule has 0 N–H and O–H groups in total. The van der Waals surface area contributed by atoms with Crippen molar-refractivity contribution in [1.82, 2.24) is 0 Å². The largest absolute Gasteiger partial charge is 0.294 e. The van der Waals surface area contributed by atoms with Crippen LogP contribution in [0.5, 0.6) is 0 Å². The van der Waals surface area contributed by atoms with Crippen LogP contribution in [0.1, 0.15) is 30.1 Å². The SMILES string of the molecule is C=CCCC(C)C(=O)c1ccccc1. The van der Waals surface area contributed by atoms with Gasteiger partial charge in [-0.15, -0.1) is 6.58 Å². The van der Waals surface area contributed by atoms with E-state index in [0.29, 0.717) is 0 Å². The summed E-state index contributed by atoms with van der Waals surface area (Å²) in [4.78, 5) is 11.8. The van der Waals surface area contributed by atoms with E-state index in [2.05, 4.69) is 6.58 Å². The molecule has 1 atom stereocenters. The van der Waals surface area contributed by atoms with Gasteiger partial charge in [-0.1, -0.05) is 43.3 Å². The zero-order valence-electron chi connectivity index (χ0n) is 8.57. The quantitative estimate of drug-likeness (QED) is 0.510. The molecule has 1 heteroatoms. The first kappa shape index (κ1) is 10.7. The minimum absolute atomic E-state index is 0.0930. The van der Waals surface area contributed by atoms with Crippen LogP contribution in [-0.2, 0) is 0 Å². The van der Waals surface area contributed by atoms with E-state index in [1.807, 2.05) is 43.3 Å². The molecule has 0 bridgehead atoms. The Hall–Kier alpha value is -1.37. The lowest BCUT2D eigenvalue weighted by molar-refractivity contribution is 0.0925. The molecule has 0 amide bonds. The number of benzene rings is 1. The second-order valence-corrected chi connectivity index (χ2v) is 3.50. The molecule has 1 rings (SSSR count). The zero-order chi connectivity index (χ0) is 10.4. The Bertz CT molecular complexity index is 300. The summed E-state index contributed by atoms with van der Waals surface area (Å²) >= 11 is 0. The summed E-state index contributed by atoms with van der Waals surface area (Å²) in [6, 6.07) is 9.45. The van der Waals surface area contributed by atoms with Crippen molar-refractivity contribution in [2.75, 3.05) is 0 Å². The van der Waals surface area contributed by atoms with Gasteiger partial charge in [0.15, 0.2) is 5.78 Å². The molecule has 0 saturated carbocycles. The maximum Gasteiger partial charge on any atom is 0.165 e. The summed E-state index contributed by atoms with van der Waals surface area (Å²) in [7, 11) is 0. The predicted molar refractivity (Wildman–Crippen MR) is 59.4 cm³/mol. The molecule has 0 saturated heterocycles. The molecule has 0 aliphatic rings. The number of carbonyl (C=O) groups excluding carboxylic acids is 1. The normalized spacial score (nSPS) is 12.1. The van der Waals surface area contributed by atoms with Gasteiger partial charge in [0, 0.05) is 11.5 Å². The molecule has 1 nitrogen and oxygen atoms in total. The van der Waals surface area contributed by atoms with E-state index in [9.17, 15) is 4.79 Å². The fourth-order valence-electron chi connectivity index (χ4n) is 1.39. The highest BCUT2D eigenvalue weighted by Crippen LogP contribution is 2.13. The Morgan fingerprint density at radius 3 is 2.64 bits per heavy atom. The summed E-state index contributed by atoms with van der Waals surface area (Å²) < 4.78 is 0. The Labute approximate surface area is 85.5 Å². The van der Waals surface area contributed by atoms with E-state index in [-0.39, 0.29) is 11.7 Å². The summed E-state index contributed by atoms with van der Waals surface area (Å²) in [6.45, 7) is 5.62. The van der Waals surface area contributed by atoms with Gasteiger partial charge in [-0.3, -0.25) is 4.79 Å². The third-order valence-corrected chi connectivity index (χ3v) is 2.31. The molecule has 1 aromatic rings. The van der Waals surface area contributed by atoms with Gasteiger partial charge >= 0.3 is 0 Å². The van der Waals surface area contributed by atoms with Crippen LogP contribution in [0, 0.1) is 5.92 Å².